The van der Waals surface area contributed by atoms with E-state index in [9.17, 15) is 10.1 Å². The third kappa shape index (κ3) is 1.61. The molecule has 1 aromatic carbocycles. The lowest BCUT2D eigenvalue weighted by atomic mass is 10.0. The van der Waals surface area contributed by atoms with Gasteiger partial charge in [0, 0.05) is 11.6 Å². The molecule has 6 nitrogen and oxygen atoms in total. The molecule has 6 heteroatoms. The number of hydrogen-bond acceptors (Lipinski definition) is 5. The molecule has 0 atom stereocenters. The van der Waals surface area contributed by atoms with E-state index >= 15 is 0 Å². The molecule has 0 spiro atoms. The summed E-state index contributed by atoms with van der Waals surface area (Å²) in [7, 11) is 0. The van der Waals surface area contributed by atoms with Crippen molar-refractivity contribution in [3.63, 3.8) is 0 Å². The van der Waals surface area contributed by atoms with Crippen LogP contribution in [0.4, 0.5) is 5.69 Å². The molecular formula is C11H12N2O4. The van der Waals surface area contributed by atoms with E-state index in [1.54, 1.807) is 6.07 Å². The predicted octanol–water partition coefficient (Wildman–Crippen LogP) is 1.31. The van der Waals surface area contributed by atoms with Crippen LogP contribution in [0.25, 0.3) is 0 Å². The van der Waals surface area contributed by atoms with Crippen LogP contribution in [-0.2, 0) is 5.54 Å². The van der Waals surface area contributed by atoms with Crippen LogP contribution in [0.15, 0.2) is 12.1 Å². The summed E-state index contributed by atoms with van der Waals surface area (Å²) in [5.74, 6) is 0.645. The van der Waals surface area contributed by atoms with Gasteiger partial charge in [0.25, 0.3) is 0 Å². The van der Waals surface area contributed by atoms with Crippen molar-refractivity contribution < 1.29 is 14.4 Å². The van der Waals surface area contributed by atoms with Crippen LogP contribution in [0.2, 0.25) is 0 Å². The van der Waals surface area contributed by atoms with Crippen LogP contribution in [0.5, 0.6) is 11.5 Å². The molecule has 0 aromatic heterocycles. The van der Waals surface area contributed by atoms with Crippen LogP contribution in [-0.4, -0.2) is 18.1 Å². The molecule has 1 fully saturated rings. The van der Waals surface area contributed by atoms with Gasteiger partial charge in [0.05, 0.1) is 4.92 Å². The first-order valence-electron chi connectivity index (χ1n) is 5.47. The molecule has 17 heavy (non-hydrogen) atoms. The molecule has 90 valence electrons. The van der Waals surface area contributed by atoms with Gasteiger partial charge in [0.2, 0.25) is 5.75 Å². The second-order valence-electron chi connectivity index (χ2n) is 4.43. The number of hydrogen-bond donors (Lipinski definition) is 1. The summed E-state index contributed by atoms with van der Waals surface area (Å²) in [4.78, 5) is 10.5. The molecule has 3 rings (SSSR count). The van der Waals surface area contributed by atoms with Crippen molar-refractivity contribution in [2.24, 2.45) is 5.73 Å². The summed E-state index contributed by atoms with van der Waals surface area (Å²) in [6, 6.07) is 3.26. The van der Waals surface area contributed by atoms with Crippen LogP contribution < -0.4 is 15.2 Å². The fourth-order valence-electron chi connectivity index (χ4n) is 1.98. The van der Waals surface area contributed by atoms with Crippen LogP contribution in [0, 0.1) is 10.1 Å². The van der Waals surface area contributed by atoms with Crippen molar-refractivity contribution in [3.05, 3.63) is 27.8 Å². The zero-order valence-electron chi connectivity index (χ0n) is 9.14. The Morgan fingerprint density at radius 1 is 1.29 bits per heavy atom. The Morgan fingerprint density at radius 2 is 2.00 bits per heavy atom. The zero-order valence-corrected chi connectivity index (χ0v) is 9.14. The van der Waals surface area contributed by atoms with Gasteiger partial charge in [-0.2, -0.15) is 0 Å². The lowest BCUT2D eigenvalue weighted by Gasteiger charge is -2.20. The molecule has 0 bridgehead atoms. The largest absolute Gasteiger partial charge is 0.486 e. The van der Waals surface area contributed by atoms with Gasteiger partial charge < -0.3 is 15.2 Å². The summed E-state index contributed by atoms with van der Waals surface area (Å²) in [6.07, 6.45) is 1.70. The van der Waals surface area contributed by atoms with Gasteiger partial charge in [-0.15, -0.1) is 0 Å². The zero-order chi connectivity index (χ0) is 12.0. The lowest BCUT2D eigenvalue weighted by Crippen LogP contribution is -2.21. The average Bonchev–Trinajstić information content (AvgIpc) is 3.07. The Bertz CT molecular complexity index is 496. The van der Waals surface area contributed by atoms with Crippen molar-refractivity contribution in [3.8, 4) is 11.5 Å². The van der Waals surface area contributed by atoms with Gasteiger partial charge in [0.1, 0.15) is 13.2 Å². The topological polar surface area (TPSA) is 87.6 Å². The van der Waals surface area contributed by atoms with Crippen molar-refractivity contribution in [1.29, 1.82) is 0 Å². The van der Waals surface area contributed by atoms with E-state index in [0.717, 1.165) is 18.4 Å². The maximum absolute atomic E-state index is 11.0. The van der Waals surface area contributed by atoms with Crippen molar-refractivity contribution in [1.82, 2.24) is 0 Å². The van der Waals surface area contributed by atoms with Crippen LogP contribution in [0.3, 0.4) is 0 Å². The second kappa shape index (κ2) is 3.33. The SMILES string of the molecule is NC1(c2cc3c(c([N+](=O)[O-])c2)OCCO3)CC1. The molecule has 0 unspecified atom stereocenters. The van der Waals surface area contributed by atoms with E-state index in [1.807, 2.05) is 0 Å². The molecule has 2 aliphatic rings. The molecule has 1 aromatic rings. The first-order chi connectivity index (χ1) is 8.10. The van der Waals surface area contributed by atoms with Gasteiger partial charge in [-0.3, -0.25) is 10.1 Å². The Balaban J connectivity index is 2.15. The highest BCUT2D eigenvalue weighted by molar-refractivity contribution is 5.60. The summed E-state index contributed by atoms with van der Waals surface area (Å²) >= 11 is 0. The fourth-order valence-corrected chi connectivity index (χ4v) is 1.98. The number of nitro benzene ring substituents is 1. The maximum Gasteiger partial charge on any atom is 0.315 e. The summed E-state index contributed by atoms with van der Waals surface area (Å²) in [5.41, 5.74) is 6.33. The van der Waals surface area contributed by atoms with E-state index < -0.39 is 10.5 Å². The number of nitrogens with two attached hydrogens (primary N) is 1. The average molecular weight is 236 g/mol. The van der Waals surface area contributed by atoms with Crippen LogP contribution in [0.1, 0.15) is 18.4 Å². The van der Waals surface area contributed by atoms with Crippen molar-refractivity contribution >= 4 is 5.69 Å². The number of rotatable bonds is 2. The Labute approximate surface area is 97.5 Å². The first kappa shape index (κ1) is 10.3. The molecule has 1 aliphatic heterocycles. The minimum atomic E-state index is -0.456. The quantitative estimate of drug-likeness (QED) is 0.618. The standard InChI is InChI=1S/C11H12N2O4/c12-11(1-2-11)7-5-8(13(14)15)10-9(6-7)16-3-4-17-10/h5-6H,1-4,12H2. The normalized spacial score (nSPS) is 19.8. The summed E-state index contributed by atoms with van der Waals surface area (Å²) in [5, 5.41) is 11.0. The summed E-state index contributed by atoms with van der Waals surface area (Å²) in [6.45, 7) is 0.742. The van der Waals surface area contributed by atoms with Crippen LogP contribution >= 0.6 is 0 Å². The minimum Gasteiger partial charge on any atom is -0.486 e. The molecule has 1 aliphatic carbocycles. The van der Waals surface area contributed by atoms with E-state index in [1.165, 1.54) is 6.07 Å². The Kier molecular flexibility index (Phi) is 2.03. The number of benzene rings is 1. The number of nitrogens with zero attached hydrogens (tertiary/aromatic N) is 1. The predicted molar refractivity (Wildman–Crippen MR) is 59.2 cm³/mol. The van der Waals surface area contributed by atoms with Crippen molar-refractivity contribution in [2.45, 2.75) is 18.4 Å². The molecule has 1 heterocycles. The van der Waals surface area contributed by atoms with Gasteiger partial charge in [0.15, 0.2) is 5.75 Å². The van der Waals surface area contributed by atoms with Gasteiger partial charge in [-0.1, -0.05) is 0 Å². The molecule has 1 saturated carbocycles. The van der Waals surface area contributed by atoms with E-state index in [-0.39, 0.29) is 11.4 Å². The highest BCUT2D eigenvalue weighted by Crippen LogP contribution is 2.48. The highest BCUT2D eigenvalue weighted by Gasteiger charge is 2.42. The van der Waals surface area contributed by atoms with Gasteiger partial charge in [-0.25, -0.2) is 0 Å². The van der Waals surface area contributed by atoms with Gasteiger partial charge in [-0.05, 0) is 24.5 Å². The Hall–Kier alpha value is -1.82. The molecule has 2 N–H and O–H groups in total. The third-order valence-electron chi connectivity index (χ3n) is 3.18. The Morgan fingerprint density at radius 3 is 2.65 bits per heavy atom. The molecular weight excluding hydrogens is 224 g/mol. The van der Waals surface area contributed by atoms with Crippen molar-refractivity contribution in [2.75, 3.05) is 13.2 Å². The first-order valence-corrected chi connectivity index (χ1v) is 5.47. The minimum absolute atomic E-state index is 0.0612. The number of nitro groups is 1. The van der Waals surface area contributed by atoms with Gasteiger partial charge >= 0.3 is 5.69 Å². The molecule has 0 saturated heterocycles. The van der Waals surface area contributed by atoms with E-state index in [2.05, 4.69) is 0 Å². The third-order valence-corrected chi connectivity index (χ3v) is 3.18. The number of fused-ring (bicyclic) bond motifs is 1. The second-order valence-corrected chi connectivity index (χ2v) is 4.43. The van der Waals surface area contributed by atoms with E-state index in [0.29, 0.717) is 19.0 Å². The molecule has 0 radical (unpaired) electrons. The monoisotopic (exact) mass is 236 g/mol. The summed E-state index contributed by atoms with van der Waals surface area (Å²) < 4.78 is 10.7. The fraction of sp³-hybridized carbons (Fsp3) is 0.455. The number of ether oxygens (including phenoxy) is 2. The smallest absolute Gasteiger partial charge is 0.315 e. The maximum atomic E-state index is 11.0. The van der Waals surface area contributed by atoms with E-state index in [4.69, 9.17) is 15.2 Å². The molecule has 0 amide bonds. The highest BCUT2D eigenvalue weighted by atomic mass is 16.6. The lowest BCUT2D eigenvalue weighted by molar-refractivity contribution is -0.386.